The Morgan fingerprint density at radius 1 is 1.39 bits per heavy atom. The number of benzene rings is 1. The SMILES string of the molecule is C[S+]([O-])CC(=O)c1[nH]c2cc(Br)c(Cl)cc2c1-c1ccncc1. The van der Waals surface area contributed by atoms with Gasteiger partial charge in [-0.15, -0.1) is 0 Å². The summed E-state index contributed by atoms with van der Waals surface area (Å²) in [5.74, 6) is -0.221. The van der Waals surface area contributed by atoms with Crippen LogP contribution in [0, 0.1) is 0 Å². The van der Waals surface area contributed by atoms with Crippen LogP contribution >= 0.6 is 27.5 Å². The van der Waals surface area contributed by atoms with Crippen molar-refractivity contribution in [2.24, 2.45) is 0 Å². The summed E-state index contributed by atoms with van der Waals surface area (Å²) in [4.78, 5) is 19.7. The molecule has 0 fully saturated rings. The quantitative estimate of drug-likeness (QED) is 0.516. The Labute approximate surface area is 149 Å². The highest BCUT2D eigenvalue weighted by Crippen LogP contribution is 2.37. The molecule has 2 aromatic heterocycles. The summed E-state index contributed by atoms with van der Waals surface area (Å²) in [6.07, 6.45) is 4.85. The third kappa shape index (κ3) is 3.30. The van der Waals surface area contributed by atoms with Crippen LogP contribution in [0.4, 0.5) is 0 Å². The van der Waals surface area contributed by atoms with Gasteiger partial charge in [0, 0.05) is 33.3 Å². The van der Waals surface area contributed by atoms with Gasteiger partial charge in [0.05, 0.1) is 17.0 Å². The van der Waals surface area contributed by atoms with E-state index in [1.807, 2.05) is 24.3 Å². The first kappa shape index (κ1) is 16.5. The lowest BCUT2D eigenvalue weighted by atomic mass is 10.0. The van der Waals surface area contributed by atoms with E-state index >= 15 is 0 Å². The highest BCUT2D eigenvalue weighted by atomic mass is 79.9. The van der Waals surface area contributed by atoms with Gasteiger partial charge < -0.3 is 9.54 Å². The molecule has 3 rings (SSSR count). The van der Waals surface area contributed by atoms with Crippen LogP contribution < -0.4 is 0 Å². The van der Waals surface area contributed by atoms with Crippen molar-refractivity contribution in [2.45, 2.75) is 0 Å². The summed E-state index contributed by atoms with van der Waals surface area (Å²) < 4.78 is 12.2. The van der Waals surface area contributed by atoms with Gasteiger partial charge >= 0.3 is 0 Å². The van der Waals surface area contributed by atoms with E-state index in [2.05, 4.69) is 25.9 Å². The molecule has 1 atom stereocenters. The summed E-state index contributed by atoms with van der Waals surface area (Å²) in [5.41, 5.74) is 2.84. The number of carbonyl (C=O) groups excluding carboxylic acids is 1. The average molecular weight is 412 g/mol. The molecule has 0 aliphatic heterocycles. The molecule has 0 radical (unpaired) electrons. The van der Waals surface area contributed by atoms with Crippen molar-refractivity contribution >= 4 is 55.4 Å². The van der Waals surface area contributed by atoms with Crippen LogP contribution in [0.1, 0.15) is 10.5 Å². The average Bonchev–Trinajstić information content (AvgIpc) is 2.86. The molecule has 1 aromatic carbocycles. The molecular formula is C16H12BrClN2O2S. The Balaban J connectivity index is 2.28. The van der Waals surface area contributed by atoms with Crippen molar-refractivity contribution in [1.29, 1.82) is 0 Å². The predicted molar refractivity (Wildman–Crippen MR) is 97.5 cm³/mol. The first-order valence-electron chi connectivity index (χ1n) is 6.71. The summed E-state index contributed by atoms with van der Waals surface area (Å²) in [7, 11) is 0. The Morgan fingerprint density at radius 3 is 2.74 bits per heavy atom. The first-order chi connectivity index (χ1) is 11.0. The van der Waals surface area contributed by atoms with E-state index in [1.54, 1.807) is 12.4 Å². The number of H-pyrrole nitrogens is 1. The van der Waals surface area contributed by atoms with Crippen LogP contribution in [0.3, 0.4) is 0 Å². The van der Waals surface area contributed by atoms with Crippen molar-refractivity contribution < 1.29 is 9.35 Å². The van der Waals surface area contributed by atoms with Gasteiger partial charge in [0.2, 0.25) is 5.78 Å². The third-order valence-electron chi connectivity index (χ3n) is 3.42. The molecule has 23 heavy (non-hydrogen) atoms. The number of nitrogens with one attached hydrogen (secondary N) is 1. The second kappa shape index (κ2) is 6.65. The zero-order chi connectivity index (χ0) is 16.6. The molecular weight excluding hydrogens is 400 g/mol. The second-order valence-electron chi connectivity index (χ2n) is 5.06. The Hall–Kier alpha value is -1.34. The minimum absolute atomic E-state index is 0.0280. The van der Waals surface area contributed by atoms with Crippen LogP contribution in [-0.2, 0) is 11.2 Å². The number of pyridine rings is 1. The van der Waals surface area contributed by atoms with E-state index in [1.165, 1.54) is 6.26 Å². The van der Waals surface area contributed by atoms with E-state index in [-0.39, 0.29) is 11.5 Å². The number of Topliss-reactive ketones (excluding diaryl/α,β-unsaturated/α-hetero) is 1. The van der Waals surface area contributed by atoms with Gasteiger partial charge in [-0.05, 0) is 56.9 Å². The van der Waals surface area contributed by atoms with Gasteiger partial charge in [0.1, 0.15) is 0 Å². The molecule has 0 bridgehead atoms. The predicted octanol–water partition coefficient (Wildman–Crippen LogP) is 4.21. The van der Waals surface area contributed by atoms with E-state index in [0.29, 0.717) is 10.7 Å². The largest absolute Gasteiger partial charge is 0.616 e. The topological polar surface area (TPSA) is 68.8 Å². The molecule has 1 N–H and O–H groups in total. The molecule has 0 spiro atoms. The van der Waals surface area contributed by atoms with Crippen molar-refractivity contribution in [3.8, 4) is 11.1 Å². The zero-order valence-electron chi connectivity index (χ0n) is 12.1. The molecule has 118 valence electrons. The van der Waals surface area contributed by atoms with E-state index in [9.17, 15) is 9.35 Å². The van der Waals surface area contributed by atoms with Gasteiger partial charge in [0.15, 0.2) is 5.75 Å². The monoisotopic (exact) mass is 410 g/mol. The smallest absolute Gasteiger partial charge is 0.228 e. The Morgan fingerprint density at radius 2 is 2.09 bits per heavy atom. The fourth-order valence-corrected chi connectivity index (χ4v) is 3.49. The lowest BCUT2D eigenvalue weighted by Crippen LogP contribution is -2.15. The highest BCUT2D eigenvalue weighted by molar-refractivity contribution is 9.10. The second-order valence-corrected chi connectivity index (χ2v) is 7.76. The zero-order valence-corrected chi connectivity index (χ0v) is 15.3. The van der Waals surface area contributed by atoms with Crippen molar-refractivity contribution in [3.05, 3.63) is 51.8 Å². The summed E-state index contributed by atoms with van der Waals surface area (Å²) in [6.45, 7) is 0. The molecule has 0 saturated carbocycles. The standard InChI is InChI=1S/C16H12BrClN2O2S/c1-23(22)8-14(21)16-15(9-2-4-19-5-3-9)10-6-12(18)11(17)7-13(10)20-16/h2-7,20H,8H2,1H3. The minimum atomic E-state index is -1.21. The maximum atomic E-state index is 12.5. The minimum Gasteiger partial charge on any atom is -0.616 e. The maximum absolute atomic E-state index is 12.5. The molecule has 4 nitrogen and oxygen atoms in total. The van der Waals surface area contributed by atoms with Crippen molar-refractivity contribution in [3.63, 3.8) is 0 Å². The van der Waals surface area contributed by atoms with Crippen LogP contribution in [-0.4, -0.2) is 32.3 Å². The van der Waals surface area contributed by atoms with Gasteiger partial charge in [0.25, 0.3) is 0 Å². The van der Waals surface area contributed by atoms with Crippen LogP contribution in [0.15, 0.2) is 41.1 Å². The third-order valence-corrected chi connectivity index (χ3v) is 5.29. The van der Waals surface area contributed by atoms with E-state index in [4.69, 9.17) is 11.6 Å². The fourth-order valence-electron chi connectivity index (χ4n) is 2.47. The molecule has 7 heteroatoms. The molecule has 0 aliphatic carbocycles. The summed E-state index contributed by atoms with van der Waals surface area (Å²) in [5, 5.41) is 1.40. The number of aromatic amines is 1. The number of ketones is 1. The first-order valence-corrected chi connectivity index (χ1v) is 9.61. The van der Waals surface area contributed by atoms with Gasteiger partial charge in [-0.3, -0.25) is 9.78 Å². The van der Waals surface area contributed by atoms with E-state index < -0.39 is 11.2 Å². The molecule has 2 heterocycles. The van der Waals surface area contributed by atoms with Gasteiger partial charge in [-0.25, -0.2) is 0 Å². The molecule has 3 aromatic rings. The lowest BCUT2D eigenvalue weighted by molar-refractivity contribution is 0.101. The Bertz CT molecular complexity index is 881. The molecule has 0 aliphatic rings. The van der Waals surface area contributed by atoms with Crippen LogP contribution in [0.5, 0.6) is 0 Å². The van der Waals surface area contributed by atoms with Crippen molar-refractivity contribution in [1.82, 2.24) is 9.97 Å². The van der Waals surface area contributed by atoms with Crippen molar-refractivity contribution in [2.75, 3.05) is 12.0 Å². The Kier molecular flexibility index (Phi) is 4.77. The highest BCUT2D eigenvalue weighted by Gasteiger charge is 2.22. The number of hydrogen-bond acceptors (Lipinski definition) is 3. The van der Waals surface area contributed by atoms with E-state index in [0.717, 1.165) is 26.5 Å². The number of aromatic nitrogens is 2. The number of hydrogen-bond donors (Lipinski definition) is 1. The lowest BCUT2D eigenvalue weighted by Gasteiger charge is -2.06. The maximum Gasteiger partial charge on any atom is 0.228 e. The molecule has 1 unspecified atom stereocenters. The molecule has 0 saturated heterocycles. The summed E-state index contributed by atoms with van der Waals surface area (Å²) >= 11 is 8.39. The van der Waals surface area contributed by atoms with Crippen LogP contribution in [0.25, 0.3) is 22.0 Å². The molecule has 0 amide bonds. The number of fused-ring (bicyclic) bond motifs is 1. The van der Waals surface area contributed by atoms with Crippen LogP contribution in [0.2, 0.25) is 5.02 Å². The van der Waals surface area contributed by atoms with Gasteiger partial charge in [-0.2, -0.15) is 0 Å². The summed E-state index contributed by atoms with van der Waals surface area (Å²) in [6, 6.07) is 7.31. The number of rotatable bonds is 4. The number of nitrogens with zero attached hydrogens (tertiary/aromatic N) is 1. The normalized spacial score (nSPS) is 12.5. The fraction of sp³-hybridized carbons (Fsp3) is 0.125. The number of carbonyl (C=O) groups is 1. The van der Waals surface area contributed by atoms with Gasteiger partial charge in [-0.1, -0.05) is 11.6 Å². The number of halogens is 2.